The number of carbonyl (C=O) groups is 1. The van der Waals surface area contributed by atoms with Gasteiger partial charge in [-0.2, -0.15) is 0 Å². The largest absolute Gasteiger partial charge is 0.486 e. The summed E-state index contributed by atoms with van der Waals surface area (Å²) in [6, 6.07) is 0. The highest BCUT2D eigenvalue weighted by atomic mass is 16.6. The lowest BCUT2D eigenvalue weighted by Gasteiger charge is -2.05. The minimum Gasteiger partial charge on any atom is -0.486 e. The highest BCUT2D eigenvalue weighted by Gasteiger charge is 2.20. The zero-order valence-electron chi connectivity index (χ0n) is 5.16. The first-order valence-electron chi connectivity index (χ1n) is 2.73. The van der Waals surface area contributed by atoms with Crippen LogP contribution in [0.1, 0.15) is 6.42 Å². The molecule has 0 radical (unpaired) electrons. The number of esters is 1. The van der Waals surface area contributed by atoms with Gasteiger partial charge >= 0.3 is 5.97 Å². The number of ether oxygens (including phenoxy) is 2. The van der Waals surface area contributed by atoms with Gasteiger partial charge in [0.1, 0.15) is 0 Å². The Morgan fingerprint density at radius 3 is 3.11 bits per heavy atom. The third-order valence-corrected chi connectivity index (χ3v) is 1.15. The molecule has 1 atom stereocenters. The topological polar surface area (TPSA) is 35.5 Å². The molecule has 0 aromatic carbocycles. The first-order valence-corrected chi connectivity index (χ1v) is 2.73. The van der Waals surface area contributed by atoms with Crippen molar-refractivity contribution in [3.8, 4) is 0 Å². The van der Waals surface area contributed by atoms with Crippen LogP contribution in [0.15, 0.2) is 12.3 Å². The van der Waals surface area contributed by atoms with Crippen molar-refractivity contribution in [1.29, 1.82) is 0 Å². The van der Waals surface area contributed by atoms with E-state index < -0.39 is 6.10 Å². The minimum absolute atomic E-state index is 0.306. The van der Waals surface area contributed by atoms with E-state index in [4.69, 9.17) is 4.74 Å². The molecule has 0 amide bonds. The fourth-order valence-electron chi connectivity index (χ4n) is 0.668. The van der Waals surface area contributed by atoms with Gasteiger partial charge in [0.15, 0.2) is 6.10 Å². The maximum Gasteiger partial charge on any atom is 0.347 e. The van der Waals surface area contributed by atoms with Crippen molar-refractivity contribution in [2.45, 2.75) is 12.5 Å². The van der Waals surface area contributed by atoms with Crippen LogP contribution in [0.3, 0.4) is 0 Å². The molecule has 0 spiro atoms. The highest BCUT2D eigenvalue weighted by molar-refractivity contribution is 5.75. The molecule has 50 valence electrons. The quantitative estimate of drug-likeness (QED) is 0.481. The summed E-state index contributed by atoms with van der Waals surface area (Å²) < 4.78 is 9.28. The van der Waals surface area contributed by atoms with E-state index in [9.17, 15) is 4.79 Å². The molecule has 9 heavy (non-hydrogen) atoms. The van der Waals surface area contributed by atoms with Crippen LogP contribution in [0.4, 0.5) is 0 Å². The van der Waals surface area contributed by atoms with E-state index in [1.165, 1.54) is 13.4 Å². The normalized spacial score (nSPS) is 23.4. The third-order valence-electron chi connectivity index (χ3n) is 1.15. The average molecular weight is 128 g/mol. The van der Waals surface area contributed by atoms with Crippen LogP contribution in [0, 0.1) is 0 Å². The van der Waals surface area contributed by atoms with Gasteiger partial charge in [0, 0.05) is 6.42 Å². The Balaban J connectivity index is 2.36. The third kappa shape index (κ3) is 1.22. The lowest BCUT2D eigenvalue weighted by atomic mass is 10.3. The van der Waals surface area contributed by atoms with E-state index in [0.29, 0.717) is 6.42 Å². The molecule has 1 unspecified atom stereocenters. The molecule has 0 N–H and O–H groups in total. The van der Waals surface area contributed by atoms with Gasteiger partial charge in [-0.15, -0.1) is 0 Å². The Kier molecular flexibility index (Phi) is 1.72. The minimum atomic E-state index is -0.394. The molecule has 0 aromatic rings. The fourth-order valence-corrected chi connectivity index (χ4v) is 0.668. The highest BCUT2D eigenvalue weighted by Crippen LogP contribution is 2.09. The van der Waals surface area contributed by atoms with E-state index >= 15 is 0 Å². The molecule has 1 aliphatic heterocycles. The maximum atomic E-state index is 10.6. The van der Waals surface area contributed by atoms with Crippen molar-refractivity contribution in [3.63, 3.8) is 0 Å². The molecule has 3 nitrogen and oxygen atoms in total. The maximum absolute atomic E-state index is 10.6. The molecule has 0 saturated carbocycles. The van der Waals surface area contributed by atoms with Crippen molar-refractivity contribution in [1.82, 2.24) is 0 Å². The predicted octanol–water partition coefficient (Wildman–Crippen LogP) is 0.462. The fraction of sp³-hybridized carbons (Fsp3) is 0.500. The SMILES string of the molecule is COC(=O)C1CC=CO1. The van der Waals surface area contributed by atoms with Gasteiger partial charge < -0.3 is 9.47 Å². The van der Waals surface area contributed by atoms with Crippen LogP contribution in [0.5, 0.6) is 0 Å². The van der Waals surface area contributed by atoms with Crippen LogP contribution in [-0.4, -0.2) is 19.2 Å². The van der Waals surface area contributed by atoms with Gasteiger partial charge in [-0.1, -0.05) is 0 Å². The first-order chi connectivity index (χ1) is 4.34. The molecule has 1 heterocycles. The van der Waals surface area contributed by atoms with Gasteiger partial charge in [-0.3, -0.25) is 0 Å². The van der Waals surface area contributed by atoms with E-state index in [1.807, 2.05) is 0 Å². The van der Waals surface area contributed by atoms with Crippen molar-refractivity contribution < 1.29 is 14.3 Å². The van der Waals surface area contributed by atoms with E-state index in [0.717, 1.165) is 0 Å². The summed E-state index contributed by atoms with van der Waals surface area (Å²) in [5.74, 6) is -0.306. The van der Waals surface area contributed by atoms with Crippen LogP contribution < -0.4 is 0 Å². The lowest BCUT2D eigenvalue weighted by Crippen LogP contribution is -2.20. The van der Waals surface area contributed by atoms with Gasteiger partial charge in [0.05, 0.1) is 13.4 Å². The van der Waals surface area contributed by atoms with Crippen molar-refractivity contribution in [2.24, 2.45) is 0 Å². The molecule has 3 heteroatoms. The number of methoxy groups -OCH3 is 1. The Labute approximate surface area is 53.3 Å². The zero-order valence-corrected chi connectivity index (χ0v) is 5.16. The van der Waals surface area contributed by atoms with Gasteiger partial charge in [0.2, 0.25) is 0 Å². The van der Waals surface area contributed by atoms with Gasteiger partial charge in [-0.05, 0) is 6.08 Å². The van der Waals surface area contributed by atoms with Crippen molar-refractivity contribution in [3.05, 3.63) is 12.3 Å². The molecule has 0 fully saturated rings. The molecule has 1 rings (SSSR count). The molecule has 0 saturated heterocycles. The number of hydrogen-bond donors (Lipinski definition) is 0. The van der Waals surface area contributed by atoms with Gasteiger partial charge in [-0.25, -0.2) is 4.79 Å². The van der Waals surface area contributed by atoms with E-state index in [2.05, 4.69) is 4.74 Å². The zero-order chi connectivity index (χ0) is 6.69. The second kappa shape index (κ2) is 2.53. The standard InChI is InChI=1S/C6H8O3/c1-8-6(7)5-3-2-4-9-5/h2,4-5H,3H2,1H3. The Morgan fingerprint density at radius 2 is 2.67 bits per heavy atom. The summed E-state index contributed by atoms with van der Waals surface area (Å²) >= 11 is 0. The number of hydrogen-bond acceptors (Lipinski definition) is 3. The van der Waals surface area contributed by atoms with E-state index in [1.54, 1.807) is 6.08 Å². The summed E-state index contributed by atoms with van der Waals surface area (Å²) in [7, 11) is 1.35. The van der Waals surface area contributed by atoms with Crippen LogP contribution in [0.2, 0.25) is 0 Å². The van der Waals surface area contributed by atoms with Crippen molar-refractivity contribution in [2.75, 3.05) is 7.11 Å². The van der Waals surface area contributed by atoms with Gasteiger partial charge in [0.25, 0.3) is 0 Å². The molecule has 0 aromatic heterocycles. The predicted molar refractivity (Wildman–Crippen MR) is 30.6 cm³/mol. The summed E-state index contributed by atoms with van der Waals surface area (Å²) in [5.41, 5.74) is 0. The molecule has 0 aliphatic carbocycles. The number of rotatable bonds is 1. The molecular formula is C6H8O3. The first kappa shape index (κ1) is 6.13. The van der Waals surface area contributed by atoms with Crippen LogP contribution in [-0.2, 0) is 14.3 Å². The van der Waals surface area contributed by atoms with Crippen LogP contribution >= 0.6 is 0 Å². The Bertz CT molecular complexity index is 131. The smallest absolute Gasteiger partial charge is 0.347 e. The molecular weight excluding hydrogens is 120 g/mol. The number of carbonyl (C=O) groups excluding carboxylic acids is 1. The molecule has 0 bridgehead atoms. The summed E-state index contributed by atoms with van der Waals surface area (Å²) in [4.78, 5) is 10.6. The monoisotopic (exact) mass is 128 g/mol. The Hall–Kier alpha value is -0.990. The summed E-state index contributed by atoms with van der Waals surface area (Å²) in [5, 5.41) is 0. The summed E-state index contributed by atoms with van der Waals surface area (Å²) in [6.07, 6.45) is 3.55. The average Bonchev–Trinajstić information content (AvgIpc) is 2.37. The molecule has 1 aliphatic rings. The second-order valence-corrected chi connectivity index (χ2v) is 1.76. The van der Waals surface area contributed by atoms with Crippen molar-refractivity contribution >= 4 is 5.97 Å². The Morgan fingerprint density at radius 1 is 1.89 bits per heavy atom. The lowest BCUT2D eigenvalue weighted by molar-refractivity contribution is -0.149. The van der Waals surface area contributed by atoms with Crippen LogP contribution in [0.25, 0.3) is 0 Å². The van der Waals surface area contributed by atoms with E-state index in [-0.39, 0.29) is 5.97 Å². The summed E-state index contributed by atoms with van der Waals surface area (Å²) in [6.45, 7) is 0. The second-order valence-electron chi connectivity index (χ2n) is 1.76.